The second-order valence-electron chi connectivity index (χ2n) is 7.37. The van der Waals surface area contributed by atoms with Gasteiger partial charge < -0.3 is 10.1 Å². The summed E-state index contributed by atoms with van der Waals surface area (Å²) in [5, 5.41) is 2.56. The van der Waals surface area contributed by atoms with Gasteiger partial charge in [0.15, 0.2) is 0 Å². The third-order valence-electron chi connectivity index (χ3n) is 4.98. The highest BCUT2D eigenvalue weighted by atomic mass is 35.5. The Hall–Kier alpha value is -3.27. The summed E-state index contributed by atoms with van der Waals surface area (Å²) in [5.41, 5.74) is 1.03. The van der Waals surface area contributed by atoms with E-state index in [1.54, 1.807) is 31.2 Å². The van der Waals surface area contributed by atoms with E-state index in [0.717, 1.165) is 15.9 Å². The third-order valence-corrected chi connectivity index (χ3v) is 7.14. The Labute approximate surface area is 202 Å². The van der Waals surface area contributed by atoms with Gasteiger partial charge in [-0.05, 0) is 43.3 Å². The number of aryl methyl sites for hydroxylation is 1. The van der Waals surface area contributed by atoms with Crippen LogP contribution in [-0.2, 0) is 26.1 Å². The van der Waals surface area contributed by atoms with Crippen molar-refractivity contribution in [3.05, 3.63) is 94.3 Å². The number of methoxy groups -OCH3 is 1. The topological polar surface area (TPSA) is 92.8 Å². The number of rotatable bonds is 8. The predicted octanol–water partition coefficient (Wildman–Crippen LogP) is 4.40. The molecule has 0 aliphatic rings. The lowest BCUT2D eigenvalue weighted by molar-refractivity contribution is -0.116. The van der Waals surface area contributed by atoms with Gasteiger partial charge in [0, 0.05) is 17.1 Å². The lowest BCUT2D eigenvalue weighted by Gasteiger charge is -2.23. The van der Waals surface area contributed by atoms with Crippen LogP contribution in [-0.4, -0.2) is 38.3 Å². The Morgan fingerprint density at radius 3 is 2.35 bits per heavy atom. The molecule has 1 N–H and O–H groups in total. The maximum Gasteiger partial charge on any atom is 0.339 e. The maximum atomic E-state index is 14.5. The van der Waals surface area contributed by atoms with E-state index in [2.05, 4.69) is 5.32 Å². The molecular weight excluding hydrogens is 483 g/mol. The molecule has 10 heteroatoms. The minimum atomic E-state index is -4.21. The zero-order valence-corrected chi connectivity index (χ0v) is 20.0. The minimum Gasteiger partial charge on any atom is -0.465 e. The molecule has 0 spiro atoms. The summed E-state index contributed by atoms with van der Waals surface area (Å²) in [5.74, 6) is -2.11. The smallest absolute Gasteiger partial charge is 0.339 e. The number of ether oxygens (including phenoxy) is 1. The molecule has 1 amide bonds. The van der Waals surface area contributed by atoms with E-state index in [0.29, 0.717) is 0 Å². The van der Waals surface area contributed by atoms with Crippen LogP contribution in [0.4, 0.5) is 10.1 Å². The van der Waals surface area contributed by atoms with Gasteiger partial charge in [0.2, 0.25) is 15.9 Å². The molecule has 0 aromatic heterocycles. The van der Waals surface area contributed by atoms with Crippen molar-refractivity contribution < 1.29 is 27.1 Å². The van der Waals surface area contributed by atoms with Gasteiger partial charge in [0.25, 0.3) is 0 Å². The van der Waals surface area contributed by atoms with Crippen molar-refractivity contribution in [2.75, 3.05) is 19.0 Å². The zero-order chi connectivity index (χ0) is 24.9. The van der Waals surface area contributed by atoms with Crippen molar-refractivity contribution in [2.24, 2.45) is 0 Å². The zero-order valence-electron chi connectivity index (χ0n) is 18.4. The van der Waals surface area contributed by atoms with Crippen LogP contribution in [0.3, 0.4) is 0 Å². The van der Waals surface area contributed by atoms with Crippen LogP contribution in [0.1, 0.15) is 21.5 Å². The summed E-state index contributed by atoms with van der Waals surface area (Å²) in [7, 11) is -3.01. The first-order chi connectivity index (χ1) is 16.1. The fourth-order valence-electron chi connectivity index (χ4n) is 3.17. The molecule has 0 radical (unpaired) electrons. The molecule has 0 saturated heterocycles. The molecule has 0 aliphatic carbocycles. The normalized spacial score (nSPS) is 11.3. The number of halogens is 2. The molecule has 3 aromatic rings. The van der Waals surface area contributed by atoms with Crippen molar-refractivity contribution >= 4 is 39.2 Å². The summed E-state index contributed by atoms with van der Waals surface area (Å²) in [6.07, 6.45) is 0. The Morgan fingerprint density at radius 1 is 1.03 bits per heavy atom. The fraction of sp³-hybridized carbons (Fsp3) is 0.167. The maximum absolute atomic E-state index is 14.5. The quantitative estimate of drug-likeness (QED) is 0.459. The SMILES string of the molecule is COC(=O)c1ccccc1NC(=O)CN(Cc1c(F)cccc1Cl)S(=O)(=O)c1ccc(C)cc1. The third kappa shape index (κ3) is 5.80. The van der Waals surface area contributed by atoms with Gasteiger partial charge in [-0.25, -0.2) is 17.6 Å². The van der Waals surface area contributed by atoms with Crippen LogP contribution >= 0.6 is 11.6 Å². The largest absolute Gasteiger partial charge is 0.465 e. The molecule has 3 rings (SSSR count). The summed E-state index contributed by atoms with van der Waals surface area (Å²) in [6, 6.07) is 16.2. The molecule has 0 fully saturated rings. The fourth-order valence-corrected chi connectivity index (χ4v) is 4.76. The van der Waals surface area contributed by atoms with E-state index in [1.165, 1.54) is 43.5 Å². The van der Waals surface area contributed by atoms with E-state index in [9.17, 15) is 22.4 Å². The Bertz CT molecular complexity index is 1290. The summed E-state index contributed by atoms with van der Waals surface area (Å²) in [6.45, 7) is 0.670. The molecule has 0 unspecified atom stereocenters. The van der Waals surface area contributed by atoms with E-state index in [1.807, 2.05) is 0 Å². The molecule has 0 atom stereocenters. The van der Waals surface area contributed by atoms with Gasteiger partial charge in [-0.1, -0.05) is 47.5 Å². The Balaban J connectivity index is 1.95. The van der Waals surface area contributed by atoms with E-state index >= 15 is 0 Å². The molecule has 0 aliphatic heterocycles. The van der Waals surface area contributed by atoms with Gasteiger partial charge >= 0.3 is 5.97 Å². The number of nitrogens with one attached hydrogen (secondary N) is 1. The first-order valence-corrected chi connectivity index (χ1v) is 11.9. The molecule has 178 valence electrons. The number of anilines is 1. The van der Waals surface area contributed by atoms with Crippen LogP contribution in [0.5, 0.6) is 0 Å². The molecule has 34 heavy (non-hydrogen) atoms. The number of carbonyl (C=O) groups excluding carboxylic acids is 2. The van der Waals surface area contributed by atoms with Crippen LogP contribution in [0, 0.1) is 12.7 Å². The molecular formula is C24H22ClFN2O5S. The van der Waals surface area contributed by atoms with Crippen molar-refractivity contribution in [2.45, 2.75) is 18.4 Å². The van der Waals surface area contributed by atoms with E-state index in [4.69, 9.17) is 16.3 Å². The van der Waals surface area contributed by atoms with Crippen molar-refractivity contribution in [3.63, 3.8) is 0 Å². The molecule has 0 heterocycles. The highest BCUT2D eigenvalue weighted by Crippen LogP contribution is 2.25. The standard InChI is InChI=1S/C24H22ClFN2O5S/c1-16-10-12-17(13-11-16)34(31,32)28(14-19-20(25)7-5-8-21(19)26)15-23(29)27-22-9-4-3-6-18(22)24(30)33-2/h3-13H,14-15H2,1-2H3,(H,27,29). The van der Waals surface area contributed by atoms with Gasteiger partial charge in [-0.3, -0.25) is 4.79 Å². The van der Waals surface area contributed by atoms with Crippen molar-refractivity contribution in [1.29, 1.82) is 0 Å². The van der Waals surface area contributed by atoms with Crippen LogP contribution in [0.2, 0.25) is 5.02 Å². The van der Waals surface area contributed by atoms with Gasteiger partial charge in [0.05, 0.1) is 29.8 Å². The highest BCUT2D eigenvalue weighted by Gasteiger charge is 2.29. The van der Waals surface area contributed by atoms with E-state index < -0.39 is 40.8 Å². The number of esters is 1. The summed E-state index contributed by atoms with van der Waals surface area (Å²) < 4.78 is 46.8. The molecule has 0 bridgehead atoms. The second kappa shape index (κ2) is 10.8. The van der Waals surface area contributed by atoms with Gasteiger partial charge in [-0.2, -0.15) is 4.31 Å². The number of nitrogens with zero attached hydrogens (tertiary/aromatic N) is 1. The van der Waals surface area contributed by atoms with Crippen LogP contribution in [0.25, 0.3) is 0 Å². The highest BCUT2D eigenvalue weighted by molar-refractivity contribution is 7.89. The first kappa shape index (κ1) is 25.4. The number of benzene rings is 3. The average molecular weight is 505 g/mol. The lowest BCUT2D eigenvalue weighted by Crippen LogP contribution is -2.38. The summed E-state index contributed by atoms with van der Waals surface area (Å²) >= 11 is 6.11. The number of hydrogen-bond donors (Lipinski definition) is 1. The monoisotopic (exact) mass is 504 g/mol. The number of para-hydroxylation sites is 1. The molecule has 7 nitrogen and oxygen atoms in total. The minimum absolute atomic E-state index is 0.0283. The number of hydrogen-bond acceptors (Lipinski definition) is 5. The summed E-state index contributed by atoms with van der Waals surface area (Å²) in [4.78, 5) is 24.8. The van der Waals surface area contributed by atoms with Gasteiger partial charge in [-0.15, -0.1) is 0 Å². The Kier molecular flexibility index (Phi) is 8.03. The number of carbonyl (C=O) groups is 2. The van der Waals surface area contributed by atoms with Crippen LogP contribution in [0.15, 0.2) is 71.6 Å². The van der Waals surface area contributed by atoms with Crippen molar-refractivity contribution in [1.82, 2.24) is 4.31 Å². The van der Waals surface area contributed by atoms with E-state index in [-0.39, 0.29) is 26.7 Å². The lowest BCUT2D eigenvalue weighted by atomic mass is 10.2. The van der Waals surface area contributed by atoms with Gasteiger partial charge in [0.1, 0.15) is 5.82 Å². The second-order valence-corrected chi connectivity index (χ2v) is 9.72. The molecule has 0 saturated carbocycles. The number of amides is 1. The Morgan fingerprint density at radius 2 is 1.71 bits per heavy atom. The first-order valence-electron chi connectivity index (χ1n) is 10.1. The van der Waals surface area contributed by atoms with Crippen molar-refractivity contribution in [3.8, 4) is 0 Å². The van der Waals surface area contributed by atoms with Crippen LogP contribution < -0.4 is 5.32 Å². The molecule has 3 aromatic carbocycles. The number of sulfonamides is 1. The predicted molar refractivity (Wildman–Crippen MR) is 127 cm³/mol. The average Bonchev–Trinajstić information content (AvgIpc) is 2.80.